The van der Waals surface area contributed by atoms with E-state index in [-0.39, 0.29) is 5.75 Å². The second kappa shape index (κ2) is 5.32. The number of rotatable bonds is 3. The normalized spacial score (nSPS) is 10.7. The molecule has 0 spiro atoms. The highest BCUT2D eigenvalue weighted by Crippen LogP contribution is 2.37. The Morgan fingerprint density at radius 3 is 2.14 bits per heavy atom. The van der Waals surface area contributed by atoms with Crippen molar-refractivity contribution in [3.63, 3.8) is 0 Å². The molecule has 0 fully saturated rings. The molecular formula is C8H6Br2F2OS. The highest BCUT2D eigenvalue weighted by molar-refractivity contribution is 9.11. The second-order valence-electron chi connectivity index (χ2n) is 2.30. The molecule has 78 valence electrons. The summed E-state index contributed by atoms with van der Waals surface area (Å²) in [5.74, 6) is 0.136. The van der Waals surface area contributed by atoms with Crippen LogP contribution in [0.5, 0.6) is 5.75 Å². The molecule has 0 unspecified atom stereocenters. The average Bonchev–Trinajstić information content (AvgIpc) is 2.01. The molecule has 1 nitrogen and oxygen atoms in total. The molecule has 14 heavy (non-hydrogen) atoms. The summed E-state index contributed by atoms with van der Waals surface area (Å²) in [6.07, 6.45) is 1.90. The van der Waals surface area contributed by atoms with Crippen molar-refractivity contribution in [2.24, 2.45) is 0 Å². The summed E-state index contributed by atoms with van der Waals surface area (Å²) in [4.78, 5) is 0.951. The molecule has 1 rings (SSSR count). The Hall–Kier alpha value is 0.190. The topological polar surface area (TPSA) is 9.23 Å². The van der Waals surface area contributed by atoms with Crippen molar-refractivity contribution in [1.29, 1.82) is 0 Å². The van der Waals surface area contributed by atoms with Gasteiger partial charge >= 0.3 is 6.61 Å². The minimum atomic E-state index is -2.80. The van der Waals surface area contributed by atoms with E-state index in [4.69, 9.17) is 0 Å². The van der Waals surface area contributed by atoms with Crippen molar-refractivity contribution >= 4 is 43.6 Å². The van der Waals surface area contributed by atoms with Gasteiger partial charge in [0.2, 0.25) is 0 Å². The minimum Gasteiger partial charge on any atom is -0.435 e. The molecule has 0 atom stereocenters. The SMILES string of the molecule is CSc1c(Br)cc(OC(F)F)cc1Br. The van der Waals surface area contributed by atoms with Crippen LogP contribution in [0.15, 0.2) is 26.0 Å². The van der Waals surface area contributed by atoms with Crippen LogP contribution < -0.4 is 4.74 Å². The highest BCUT2D eigenvalue weighted by atomic mass is 79.9. The lowest BCUT2D eigenvalue weighted by Crippen LogP contribution is -2.01. The van der Waals surface area contributed by atoms with E-state index in [0.29, 0.717) is 0 Å². The van der Waals surface area contributed by atoms with Crippen LogP contribution in [0.4, 0.5) is 8.78 Å². The molecule has 0 saturated heterocycles. The van der Waals surface area contributed by atoms with Gasteiger partial charge in [0.1, 0.15) is 5.75 Å². The predicted octanol–water partition coefficient (Wildman–Crippen LogP) is 4.53. The van der Waals surface area contributed by atoms with Crippen molar-refractivity contribution in [2.75, 3.05) is 6.26 Å². The van der Waals surface area contributed by atoms with Gasteiger partial charge in [0.25, 0.3) is 0 Å². The number of hydrogen-bond acceptors (Lipinski definition) is 2. The van der Waals surface area contributed by atoms with E-state index in [1.807, 2.05) is 6.26 Å². The van der Waals surface area contributed by atoms with Crippen LogP contribution in [0.25, 0.3) is 0 Å². The van der Waals surface area contributed by atoms with Crippen LogP contribution in [0.1, 0.15) is 0 Å². The van der Waals surface area contributed by atoms with Gasteiger partial charge in [-0.25, -0.2) is 0 Å². The Balaban J connectivity index is 3.01. The molecule has 1 aromatic carbocycles. The van der Waals surface area contributed by atoms with Crippen LogP contribution in [0, 0.1) is 0 Å². The monoisotopic (exact) mass is 346 g/mol. The lowest BCUT2D eigenvalue weighted by atomic mass is 10.3. The fourth-order valence-corrected chi connectivity index (χ4v) is 3.53. The van der Waals surface area contributed by atoms with Crippen LogP contribution in [0.3, 0.4) is 0 Å². The Kier molecular flexibility index (Phi) is 4.66. The smallest absolute Gasteiger partial charge is 0.387 e. The maximum atomic E-state index is 11.9. The molecule has 0 aliphatic rings. The van der Waals surface area contributed by atoms with E-state index in [2.05, 4.69) is 36.6 Å². The molecule has 0 amide bonds. The lowest BCUT2D eigenvalue weighted by Gasteiger charge is -2.09. The maximum absolute atomic E-state index is 11.9. The molecule has 6 heteroatoms. The number of hydrogen-bond donors (Lipinski definition) is 0. The number of benzene rings is 1. The van der Waals surface area contributed by atoms with Gasteiger partial charge in [0, 0.05) is 13.8 Å². The van der Waals surface area contributed by atoms with Crippen LogP contribution in [-0.2, 0) is 0 Å². The quantitative estimate of drug-likeness (QED) is 0.742. The summed E-state index contributed by atoms with van der Waals surface area (Å²) < 4.78 is 29.6. The van der Waals surface area contributed by atoms with Gasteiger partial charge in [-0.05, 0) is 50.2 Å². The molecule has 0 bridgehead atoms. The van der Waals surface area contributed by atoms with Crippen LogP contribution >= 0.6 is 43.6 Å². The van der Waals surface area contributed by atoms with Gasteiger partial charge in [0.05, 0.1) is 0 Å². The van der Waals surface area contributed by atoms with Crippen LogP contribution in [-0.4, -0.2) is 12.9 Å². The average molecular weight is 348 g/mol. The summed E-state index contributed by atoms with van der Waals surface area (Å²) in [7, 11) is 0. The third-order valence-electron chi connectivity index (χ3n) is 1.40. The van der Waals surface area contributed by atoms with E-state index in [1.165, 1.54) is 23.9 Å². The molecule has 0 aromatic heterocycles. The number of halogens is 4. The minimum absolute atomic E-state index is 0.136. The standard InChI is InChI=1S/C8H6Br2F2OS/c1-14-7-5(9)2-4(3-6(7)10)13-8(11)12/h2-3,8H,1H3. The third kappa shape index (κ3) is 3.10. The van der Waals surface area contributed by atoms with Gasteiger partial charge in [-0.15, -0.1) is 11.8 Å². The van der Waals surface area contributed by atoms with E-state index in [0.717, 1.165) is 13.8 Å². The van der Waals surface area contributed by atoms with Gasteiger partial charge in [-0.3, -0.25) is 0 Å². The first kappa shape index (κ1) is 12.3. The lowest BCUT2D eigenvalue weighted by molar-refractivity contribution is -0.0499. The van der Waals surface area contributed by atoms with Crippen molar-refractivity contribution in [1.82, 2.24) is 0 Å². The van der Waals surface area contributed by atoms with E-state index in [9.17, 15) is 8.78 Å². The van der Waals surface area contributed by atoms with E-state index >= 15 is 0 Å². The largest absolute Gasteiger partial charge is 0.435 e. The summed E-state index contributed by atoms with van der Waals surface area (Å²) in [6, 6.07) is 3.03. The number of ether oxygens (including phenoxy) is 1. The molecule has 0 N–H and O–H groups in total. The van der Waals surface area contributed by atoms with Crippen molar-refractivity contribution in [3.8, 4) is 5.75 Å². The van der Waals surface area contributed by atoms with Gasteiger partial charge < -0.3 is 4.74 Å². The first-order chi connectivity index (χ1) is 6.54. The Morgan fingerprint density at radius 2 is 1.79 bits per heavy atom. The Labute approximate surface area is 101 Å². The molecule has 0 heterocycles. The van der Waals surface area contributed by atoms with Crippen LogP contribution in [0.2, 0.25) is 0 Å². The fraction of sp³-hybridized carbons (Fsp3) is 0.250. The van der Waals surface area contributed by atoms with E-state index < -0.39 is 6.61 Å². The van der Waals surface area contributed by atoms with Crippen molar-refractivity contribution in [3.05, 3.63) is 21.1 Å². The number of thioether (sulfide) groups is 1. The Bertz CT molecular complexity index is 310. The summed E-state index contributed by atoms with van der Waals surface area (Å²) >= 11 is 8.06. The molecule has 0 saturated carbocycles. The molecule has 0 aliphatic carbocycles. The molecule has 0 aliphatic heterocycles. The molecule has 0 radical (unpaired) electrons. The zero-order valence-corrected chi connectivity index (χ0v) is 11.0. The zero-order valence-electron chi connectivity index (χ0n) is 7.06. The maximum Gasteiger partial charge on any atom is 0.387 e. The molecule has 1 aromatic rings. The highest BCUT2D eigenvalue weighted by Gasteiger charge is 2.10. The molecular weight excluding hydrogens is 342 g/mol. The Morgan fingerprint density at radius 1 is 1.29 bits per heavy atom. The van der Waals surface area contributed by atoms with Crippen molar-refractivity contribution < 1.29 is 13.5 Å². The van der Waals surface area contributed by atoms with Gasteiger partial charge in [-0.1, -0.05) is 0 Å². The summed E-state index contributed by atoms with van der Waals surface area (Å²) in [5, 5.41) is 0. The van der Waals surface area contributed by atoms with Gasteiger partial charge in [-0.2, -0.15) is 8.78 Å². The van der Waals surface area contributed by atoms with Gasteiger partial charge in [0.15, 0.2) is 0 Å². The second-order valence-corrected chi connectivity index (χ2v) is 4.82. The zero-order chi connectivity index (χ0) is 10.7. The summed E-state index contributed by atoms with van der Waals surface area (Å²) in [6.45, 7) is -2.80. The predicted molar refractivity (Wildman–Crippen MR) is 60.3 cm³/mol. The van der Waals surface area contributed by atoms with Crippen molar-refractivity contribution in [2.45, 2.75) is 11.5 Å². The fourth-order valence-electron chi connectivity index (χ4n) is 0.903. The van der Waals surface area contributed by atoms with E-state index in [1.54, 1.807) is 0 Å². The third-order valence-corrected chi connectivity index (χ3v) is 4.02. The first-order valence-electron chi connectivity index (χ1n) is 3.52. The summed E-state index contributed by atoms with van der Waals surface area (Å²) in [5.41, 5.74) is 0. The number of alkyl halides is 2. The first-order valence-corrected chi connectivity index (χ1v) is 6.33.